The summed E-state index contributed by atoms with van der Waals surface area (Å²) in [5, 5.41) is 10.5. The predicted octanol–water partition coefficient (Wildman–Crippen LogP) is 2.01. The number of hydrogen-bond donors (Lipinski definition) is 1. The number of aromatic amines is 1. The molecule has 58 valence electrons. The lowest BCUT2D eigenvalue weighted by molar-refractivity contribution is 1.23. The van der Waals surface area contributed by atoms with Crippen LogP contribution in [-0.2, 0) is 0 Å². The molecule has 1 N–H and O–H groups in total. The van der Waals surface area contributed by atoms with Gasteiger partial charge in [-0.1, -0.05) is 6.07 Å². The molecular formula is C8H5N3S. The van der Waals surface area contributed by atoms with Gasteiger partial charge < -0.3 is 4.98 Å². The zero-order valence-electron chi connectivity index (χ0n) is 6.11. The number of thiophene rings is 1. The molecule has 2 rings (SSSR count). The summed E-state index contributed by atoms with van der Waals surface area (Å²) in [7, 11) is 0. The lowest BCUT2D eigenvalue weighted by Crippen LogP contribution is -1.74. The van der Waals surface area contributed by atoms with Gasteiger partial charge in [0.1, 0.15) is 6.07 Å². The second-order valence-electron chi connectivity index (χ2n) is 2.23. The molecule has 0 aliphatic rings. The smallest absolute Gasteiger partial charge is 0.210 e. The molecule has 0 spiro atoms. The Hall–Kier alpha value is -1.60. The van der Waals surface area contributed by atoms with Crippen LogP contribution in [0.2, 0.25) is 0 Å². The van der Waals surface area contributed by atoms with Gasteiger partial charge in [0.25, 0.3) is 0 Å². The third-order valence-electron chi connectivity index (χ3n) is 1.47. The molecule has 0 fully saturated rings. The third-order valence-corrected chi connectivity index (χ3v) is 2.37. The van der Waals surface area contributed by atoms with Gasteiger partial charge in [-0.3, -0.25) is 0 Å². The molecule has 0 amide bonds. The van der Waals surface area contributed by atoms with Crippen molar-refractivity contribution in [2.75, 3.05) is 0 Å². The van der Waals surface area contributed by atoms with Crippen LogP contribution in [0.15, 0.2) is 23.7 Å². The number of rotatable bonds is 1. The number of nitrogens with one attached hydrogen (secondary N) is 1. The maximum Gasteiger partial charge on any atom is 0.210 e. The fourth-order valence-electron chi connectivity index (χ4n) is 0.935. The quantitative estimate of drug-likeness (QED) is 0.720. The minimum atomic E-state index is 0.360. The SMILES string of the molecule is N#Cc1ncc(-c2cccs2)[nH]1. The zero-order chi connectivity index (χ0) is 8.39. The third kappa shape index (κ3) is 1.11. The molecule has 0 unspecified atom stereocenters. The first kappa shape index (κ1) is 7.07. The van der Waals surface area contributed by atoms with Crippen molar-refractivity contribution in [1.29, 1.82) is 5.26 Å². The molecule has 2 aromatic rings. The summed E-state index contributed by atoms with van der Waals surface area (Å²) in [6.07, 6.45) is 1.67. The van der Waals surface area contributed by atoms with Gasteiger partial charge in [0.2, 0.25) is 5.82 Å². The van der Waals surface area contributed by atoms with Crippen LogP contribution in [0.3, 0.4) is 0 Å². The van der Waals surface area contributed by atoms with E-state index in [1.165, 1.54) is 0 Å². The van der Waals surface area contributed by atoms with Crippen LogP contribution in [0, 0.1) is 11.3 Å². The molecule has 0 bridgehead atoms. The Kier molecular flexibility index (Phi) is 1.65. The number of hydrogen-bond acceptors (Lipinski definition) is 3. The highest BCUT2D eigenvalue weighted by atomic mass is 32.1. The maximum absolute atomic E-state index is 8.51. The first-order valence-electron chi connectivity index (χ1n) is 3.39. The molecule has 12 heavy (non-hydrogen) atoms. The summed E-state index contributed by atoms with van der Waals surface area (Å²) in [5.74, 6) is 0.360. The van der Waals surface area contributed by atoms with Crippen molar-refractivity contribution in [3.8, 4) is 16.6 Å². The summed E-state index contributed by atoms with van der Waals surface area (Å²) in [4.78, 5) is 7.88. The van der Waals surface area contributed by atoms with Crippen molar-refractivity contribution in [2.45, 2.75) is 0 Å². The molecule has 0 radical (unpaired) electrons. The minimum absolute atomic E-state index is 0.360. The van der Waals surface area contributed by atoms with E-state index in [1.807, 2.05) is 23.6 Å². The average Bonchev–Trinajstić information content (AvgIpc) is 2.75. The van der Waals surface area contributed by atoms with Gasteiger partial charge >= 0.3 is 0 Å². The number of imidazole rings is 1. The predicted molar refractivity (Wildman–Crippen MR) is 46.6 cm³/mol. The van der Waals surface area contributed by atoms with Gasteiger partial charge in [0.15, 0.2) is 0 Å². The van der Waals surface area contributed by atoms with E-state index in [2.05, 4.69) is 9.97 Å². The molecule has 3 nitrogen and oxygen atoms in total. The van der Waals surface area contributed by atoms with Crippen LogP contribution in [0.4, 0.5) is 0 Å². The maximum atomic E-state index is 8.51. The van der Waals surface area contributed by atoms with Gasteiger partial charge in [0, 0.05) is 0 Å². The average molecular weight is 175 g/mol. The Morgan fingerprint density at radius 3 is 3.08 bits per heavy atom. The van der Waals surface area contributed by atoms with Crippen molar-refractivity contribution in [3.63, 3.8) is 0 Å². The van der Waals surface area contributed by atoms with E-state index < -0.39 is 0 Å². The van der Waals surface area contributed by atoms with Crippen LogP contribution >= 0.6 is 11.3 Å². The van der Waals surface area contributed by atoms with Crippen LogP contribution in [0.5, 0.6) is 0 Å². The topological polar surface area (TPSA) is 52.5 Å². The van der Waals surface area contributed by atoms with E-state index in [9.17, 15) is 0 Å². The number of nitrogens with zero attached hydrogens (tertiary/aromatic N) is 2. The number of nitriles is 1. The van der Waals surface area contributed by atoms with Crippen molar-refractivity contribution < 1.29 is 0 Å². The second-order valence-corrected chi connectivity index (χ2v) is 3.18. The van der Waals surface area contributed by atoms with Crippen molar-refractivity contribution in [2.24, 2.45) is 0 Å². The summed E-state index contributed by atoms with van der Waals surface area (Å²) >= 11 is 1.62. The van der Waals surface area contributed by atoms with E-state index >= 15 is 0 Å². The van der Waals surface area contributed by atoms with Gasteiger partial charge in [-0.2, -0.15) is 5.26 Å². The molecule has 0 aromatic carbocycles. The Balaban J connectivity index is 2.44. The summed E-state index contributed by atoms with van der Waals surface area (Å²) in [6.45, 7) is 0. The van der Waals surface area contributed by atoms with E-state index in [4.69, 9.17) is 5.26 Å². The number of H-pyrrole nitrogens is 1. The molecule has 0 saturated carbocycles. The Bertz CT molecular complexity index is 408. The molecule has 0 aliphatic carbocycles. The normalized spacial score (nSPS) is 9.58. The van der Waals surface area contributed by atoms with Crippen molar-refractivity contribution in [1.82, 2.24) is 9.97 Å². The minimum Gasteiger partial charge on any atom is -0.329 e. The molecular weight excluding hydrogens is 170 g/mol. The fraction of sp³-hybridized carbons (Fsp3) is 0. The van der Waals surface area contributed by atoms with Crippen LogP contribution in [0.1, 0.15) is 5.82 Å². The molecule has 0 aliphatic heterocycles. The molecule has 0 atom stereocenters. The highest BCUT2D eigenvalue weighted by Gasteiger charge is 2.01. The van der Waals surface area contributed by atoms with E-state index in [0.29, 0.717) is 5.82 Å². The summed E-state index contributed by atoms with van der Waals surface area (Å²) < 4.78 is 0. The van der Waals surface area contributed by atoms with Gasteiger partial charge in [-0.15, -0.1) is 11.3 Å². The largest absolute Gasteiger partial charge is 0.329 e. The van der Waals surface area contributed by atoms with Gasteiger partial charge in [-0.25, -0.2) is 4.98 Å². The van der Waals surface area contributed by atoms with E-state index in [1.54, 1.807) is 17.5 Å². The Morgan fingerprint density at radius 1 is 1.58 bits per heavy atom. The molecule has 2 aromatic heterocycles. The second kappa shape index (κ2) is 2.80. The Labute approximate surface area is 73.3 Å². The van der Waals surface area contributed by atoms with E-state index in [0.717, 1.165) is 10.6 Å². The van der Waals surface area contributed by atoms with Crippen LogP contribution < -0.4 is 0 Å². The summed E-state index contributed by atoms with van der Waals surface area (Å²) in [5.41, 5.74) is 0.904. The fourth-order valence-corrected chi connectivity index (χ4v) is 1.63. The van der Waals surface area contributed by atoms with Crippen LogP contribution in [-0.4, -0.2) is 9.97 Å². The molecule has 2 heterocycles. The lowest BCUT2D eigenvalue weighted by Gasteiger charge is -1.86. The highest BCUT2D eigenvalue weighted by molar-refractivity contribution is 7.13. The zero-order valence-corrected chi connectivity index (χ0v) is 6.93. The molecule has 0 saturated heterocycles. The first-order valence-corrected chi connectivity index (χ1v) is 4.27. The van der Waals surface area contributed by atoms with Gasteiger partial charge in [0.05, 0.1) is 16.8 Å². The Morgan fingerprint density at radius 2 is 2.50 bits per heavy atom. The highest BCUT2D eigenvalue weighted by Crippen LogP contribution is 2.21. The van der Waals surface area contributed by atoms with E-state index in [-0.39, 0.29) is 0 Å². The summed E-state index contributed by atoms with van der Waals surface area (Å²) in [6, 6.07) is 5.90. The van der Waals surface area contributed by atoms with Crippen LogP contribution in [0.25, 0.3) is 10.6 Å². The van der Waals surface area contributed by atoms with Crippen molar-refractivity contribution in [3.05, 3.63) is 29.5 Å². The standard InChI is InChI=1S/C8H5N3S/c9-4-8-10-5-6(11-8)7-2-1-3-12-7/h1-3,5H,(H,10,11). The van der Waals surface area contributed by atoms with Gasteiger partial charge in [-0.05, 0) is 11.4 Å². The van der Waals surface area contributed by atoms with Crippen molar-refractivity contribution >= 4 is 11.3 Å². The lowest BCUT2D eigenvalue weighted by atomic mass is 10.4. The molecule has 4 heteroatoms. The monoisotopic (exact) mass is 175 g/mol. The number of aromatic nitrogens is 2. The first-order chi connectivity index (χ1) is 5.90.